The second kappa shape index (κ2) is 7.17. The first-order valence-electron chi connectivity index (χ1n) is 6.67. The summed E-state index contributed by atoms with van der Waals surface area (Å²) < 4.78 is 0. The van der Waals surface area contributed by atoms with Gasteiger partial charge >= 0.3 is 0 Å². The number of hydrogen-bond acceptors (Lipinski definition) is 2. The van der Waals surface area contributed by atoms with Crippen molar-refractivity contribution >= 4 is 11.6 Å². The van der Waals surface area contributed by atoms with Crippen molar-refractivity contribution in [2.45, 2.75) is 33.6 Å². The molecule has 1 aromatic carbocycles. The molecule has 0 atom stereocenters. The van der Waals surface area contributed by atoms with E-state index in [4.69, 9.17) is 5.73 Å². The average Bonchev–Trinajstić information content (AvgIpc) is 2.39. The van der Waals surface area contributed by atoms with Crippen molar-refractivity contribution in [1.82, 2.24) is 0 Å². The Labute approximate surface area is 110 Å². The van der Waals surface area contributed by atoms with Crippen molar-refractivity contribution in [2.24, 2.45) is 11.7 Å². The lowest BCUT2D eigenvalue weighted by molar-refractivity contribution is -0.117. The number of nitrogens with two attached hydrogens (primary N) is 1. The number of hydrogen-bond donors (Lipinski definition) is 1. The fraction of sp³-hybridized carbons (Fsp3) is 0.533. The minimum absolute atomic E-state index is 0.0140. The van der Waals surface area contributed by atoms with Gasteiger partial charge in [0.25, 0.3) is 0 Å². The predicted molar refractivity (Wildman–Crippen MR) is 76.7 cm³/mol. The maximum absolute atomic E-state index is 11.9. The zero-order valence-corrected chi connectivity index (χ0v) is 11.6. The first kappa shape index (κ1) is 14.7. The molecule has 0 aliphatic heterocycles. The third kappa shape index (κ3) is 4.15. The molecule has 3 heteroatoms. The number of aryl methyl sites for hydroxylation is 1. The molecule has 0 fully saturated rings. The van der Waals surface area contributed by atoms with E-state index < -0.39 is 0 Å². The van der Waals surface area contributed by atoms with Crippen LogP contribution in [0.15, 0.2) is 24.3 Å². The Morgan fingerprint density at radius 1 is 1.28 bits per heavy atom. The Balaban J connectivity index is 2.83. The fourth-order valence-corrected chi connectivity index (χ4v) is 1.81. The SMILES string of the molecule is CCc1ccc(N(CCC(C)C)C(=O)CN)cc1. The predicted octanol–water partition coefficient (Wildman–Crippen LogP) is 2.59. The maximum atomic E-state index is 11.9. The maximum Gasteiger partial charge on any atom is 0.240 e. The van der Waals surface area contributed by atoms with E-state index in [9.17, 15) is 4.79 Å². The van der Waals surface area contributed by atoms with Crippen molar-refractivity contribution in [3.8, 4) is 0 Å². The normalized spacial score (nSPS) is 10.7. The summed E-state index contributed by atoms with van der Waals surface area (Å²) in [6.07, 6.45) is 2.00. The molecule has 1 amide bonds. The quantitative estimate of drug-likeness (QED) is 0.841. The summed E-state index contributed by atoms with van der Waals surface area (Å²) in [4.78, 5) is 13.7. The van der Waals surface area contributed by atoms with Crippen molar-refractivity contribution < 1.29 is 4.79 Å². The molecule has 0 radical (unpaired) electrons. The van der Waals surface area contributed by atoms with E-state index in [2.05, 4.69) is 32.9 Å². The molecule has 0 bridgehead atoms. The molecule has 2 N–H and O–H groups in total. The van der Waals surface area contributed by atoms with Crippen LogP contribution in [0.2, 0.25) is 0 Å². The molecule has 0 saturated carbocycles. The van der Waals surface area contributed by atoms with Gasteiger partial charge in [0, 0.05) is 12.2 Å². The second-order valence-electron chi connectivity index (χ2n) is 4.95. The van der Waals surface area contributed by atoms with Gasteiger partial charge in [0.05, 0.1) is 6.54 Å². The van der Waals surface area contributed by atoms with Crippen LogP contribution in [0.5, 0.6) is 0 Å². The lowest BCUT2D eigenvalue weighted by Gasteiger charge is -2.23. The zero-order chi connectivity index (χ0) is 13.5. The van der Waals surface area contributed by atoms with Crippen LogP contribution in [-0.4, -0.2) is 19.0 Å². The molecular weight excluding hydrogens is 224 g/mol. The largest absolute Gasteiger partial charge is 0.322 e. The van der Waals surface area contributed by atoms with E-state index in [0.717, 1.165) is 25.1 Å². The smallest absolute Gasteiger partial charge is 0.240 e. The Morgan fingerprint density at radius 3 is 2.33 bits per heavy atom. The number of rotatable bonds is 6. The lowest BCUT2D eigenvalue weighted by Crippen LogP contribution is -2.37. The average molecular weight is 248 g/mol. The van der Waals surface area contributed by atoms with Crippen molar-refractivity contribution in [3.05, 3.63) is 29.8 Å². The van der Waals surface area contributed by atoms with Crippen LogP contribution >= 0.6 is 0 Å². The molecule has 18 heavy (non-hydrogen) atoms. The lowest BCUT2D eigenvalue weighted by atomic mass is 10.1. The van der Waals surface area contributed by atoms with Crippen LogP contribution in [0.25, 0.3) is 0 Å². The van der Waals surface area contributed by atoms with E-state index in [0.29, 0.717) is 5.92 Å². The first-order valence-corrected chi connectivity index (χ1v) is 6.67. The fourth-order valence-electron chi connectivity index (χ4n) is 1.81. The van der Waals surface area contributed by atoms with Crippen LogP contribution in [-0.2, 0) is 11.2 Å². The Hall–Kier alpha value is -1.35. The number of carbonyl (C=O) groups excluding carboxylic acids is 1. The monoisotopic (exact) mass is 248 g/mol. The van der Waals surface area contributed by atoms with Crippen molar-refractivity contribution in [3.63, 3.8) is 0 Å². The molecule has 0 aliphatic carbocycles. The van der Waals surface area contributed by atoms with Gasteiger partial charge in [-0.15, -0.1) is 0 Å². The van der Waals surface area contributed by atoms with Gasteiger partial charge in [0.1, 0.15) is 0 Å². The molecule has 100 valence electrons. The zero-order valence-electron chi connectivity index (χ0n) is 11.6. The Kier molecular flexibility index (Phi) is 5.86. The topological polar surface area (TPSA) is 46.3 Å². The molecule has 0 saturated heterocycles. The molecule has 1 aromatic rings. The van der Waals surface area contributed by atoms with Crippen LogP contribution in [0.1, 0.15) is 32.8 Å². The van der Waals surface area contributed by atoms with Gasteiger partial charge in [-0.25, -0.2) is 0 Å². The van der Waals surface area contributed by atoms with Crippen LogP contribution in [0.3, 0.4) is 0 Å². The number of amides is 1. The minimum atomic E-state index is -0.0140. The van der Waals surface area contributed by atoms with E-state index in [1.54, 1.807) is 4.90 Å². The van der Waals surface area contributed by atoms with Gasteiger partial charge in [-0.05, 0) is 36.5 Å². The van der Waals surface area contributed by atoms with Gasteiger partial charge in [-0.1, -0.05) is 32.9 Å². The number of nitrogens with zero attached hydrogens (tertiary/aromatic N) is 1. The number of anilines is 1. The molecule has 0 heterocycles. The summed E-state index contributed by atoms with van der Waals surface area (Å²) in [5.74, 6) is 0.563. The molecule has 3 nitrogen and oxygen atoms in total. The first-order chi connectivity index (χ1) is 8.58. The van der Waals surface area contributed by atoms with Crippen molar-refractivity contribution in [2.75, 3.05) is 18.0 Å². The van der Waals surface area contributed by atoms with Crippen LogP contribution < -0.4 is 10.6 Å². The summed E-state index contributed by atoms with van der Waals surface area (Å²) in [5.41, 5.74) is 7.71. The van der Waals surface area contributed by atoms with E-state index in [-0.39, 0.29) is 12.5 Å². The molecule has 1 rings (SSSR count). The highest BCUT2D eigenvalue weighted by Gasteiger charge is 2.14. The molecule has 0 aliphatic rings. The third-order valence-electron chi connectivity index (χ3n) is 3.06. The van der Waals surface area contributed by atoms with Crippen LogP contribution in [0, 0.1) is 5.92 Å². The van der Waals surface area contributed by atoms with Gasteiger partial charge in [-0.3, -0.25) is 4.79 Å². The Bertz CT molecular complexity index is 371. The highest BCUT2D eigenvalue weighted by atomic mass is 16.2. The number of benzene rings is 1. The molecule has 0 spiro atoms. The molecule has 0 unspecified atom stereocenters. The molecule has 0 aromatic heterocycles. The van der Waals surface area contributed by atoms with Crippen LogP contribution in [0.4, 0.5) is 5.69 Å². The standard InChI is InChI=1S/C15H24N2O/c1-4-13-5-7-14(8-6-13)17(15(18)11-16)10-9-12(2)3/h5-8,12H,4,9-11,16H2,1-3H3. The van der Waals surface area contributed by atoms with E-state index in [1.807, 2.05) is 12.1 Å². The van der Waals surface area contributed by atoms with Gasteiger partial charge in [0.2, 0.25) is 5.91 Å². The highest BCUT2D eigenvalue weighted by molar-refractivity contribution is 5.94. The van der Waals surface area contributed by atoms with Gasteiger partial charge in [0.15, 0.2) is 0 Å². The van der Waals surface area contributed by atoms with Gasteiger partial charge < -0.3 is 10.6 Å². The Morgan fingerprint density at radius 2 is 1.89 bits per heavy atom. The summed E-state index contributed by atoms with van der Waals surface area (Å²) in [7, 11) is 0. The van der Waals surface area contributed by atoms with E-state index >= 15 is 0 Å². The van der Waals surface area contributed by atoms with Gasteiger partial charge in [-0.2, -0.15) is 0 Å². The summed E-state index contributed by atoms with van der Waals surface area (Å²) >= 11 is 0. The number of carbonyl (C=O) groups is 1. The minimum Gasteiger partial charge on any atom is -0.322 e. The third-order valence-corrected chi connectivity index (χ3v) is 3.06. The summed E-state index contributed by atoms with van der Waals surface area (Å²) in [6, 6.07) is 8.16. The summed E-state index contributed by atoms with van der Waals surface area (Å²) in [5, 5.41) is 0. The van der Waals surface area contributed by atoms with E-state index in [1.165, 1.54) is 5.56 Å². The molecular formula is C15H24N2O. The van der Waals surface area contributed by atoms with Crippen molar-refractivity contribution in [1.29, 1.82) is 0 Å². The highest BCUT2D eigenvalue weighted by Crippen LogP contribution is 2.17. The second-order valence-corrected chi connectivity index (χ2v) is 4.95. The summed E-state index contributed by atoms with van der Waals surface area (Å²) in [6.45, 7) is 7.24.